The molecule has 104 valence electrons. The summed E-state index contributed by atoms with van der Waals surface area (Å²) in [5, 5.41) is 2.76. The molecule has 0 radical (unpaired) electrons. The fraction of sp³-hybridized carbons (Fsp3) is 0.267. The summed E-state index contributed by atoms with van der Waals surface area (Å²) >= 11 is 1.47. The van der Waals surface area contributed by atoms with Crippen molar-refractivity contribution in [2.75, 3.05) is 0 Å². The average molecular weight is 288 g/mol. The third-order valence-corrected chi connectivity index (χ3v) is 3.83. The van der Waals surface area contributed by atoms with Crippen LogP contribution in [0.4, 0.5) is 0 Å². The van der Waals surface area contributed by atoms with E-state index in [1.165, 1.54) is 11.3 Å². The maximum Gasteiger partial charge on any atom is 0.220 e. The van der Waals surface area contributed by atoms with Crippen LogP contribution in [0.3, 0.4) is 0 Å². The van der Waals surface area contributed by atoms with Gasteiger partial charge in [-0.2, -0.15) is 0 Å². The van der Waals surface area contributed by atoms with E-state index in [1.54, 1.807) is 6.20 Å². The molecule has 5 heteroatoms. The number of Topliss-reactive ketones (excluding diaryl/α,β-unsaturated/α-hetero) is 1. The molecule has 0 aliphatic carbocycles. The first-order valence-corrected chi connectivity index (χ1v) is 7.23. The predicted octanol–water partition coefficient (Wildman–Crippen LogP) is 2.73. The lowest BCUT2D eigenvalue weighted by Crippen LogP contribution is -2.23. The van der Waals surface area contributed by atoms with Crippen molar-refractivity contribution in [1.29, 1.82) is 0 Å². The van der Waals surface area contributed by atoms with E-state index >= 15 is 0 Å². The number of thiophene rings is 1. The van der Waals surface area contributed by atoms with Gasteiger partial charge in [-0.15, -0.1) is 11.3 Å². The van der Waals surface area contributed by atoms with Crippen molar-refractivity contribution in [1.82, 2.24) is 10.3 Å². The van der Waals surface area contributed by atoms with Crippen molar-refractivity contribution in [3.05, 3.63) is 52.0 Å². The Kier molecular flexibility index (Phi) is 5.01. The van der Waals surface area contributed by atoms with Gasteiger partial charge < -0.3 is 5.32 Å². The van der Waals surface area contributed by atoms with Gasteiger partial charge in [0, 0.05) is 23.9 Å². The summed E-state index contributed by atoms with van der Waals surface area (Å²) < 4.78 is 0. The second-order valence-corrected chi connectivity index (χ2v) is 5.72. The summed E-state index contributed by atoms with van der Waals surface area (Å²) in [5.74, 6) is -0.103. The number of aromatic nitrogens is 1. The Morgan fingerprint density at radius 1 is 1.20 bits per heavy atom. The van der Waals surface area contributed by atoms with Crippen molar-refractivity contribution in [3.63, 3.8) is 0 Å². The van der Waals surface area contributed by atoms with Crippen molar-refractivity contribution in [2.24, 2.45) is 0 Å². The zero-order chi connectivity index (χ0) is 14.4. The Balaban J connectivity index is 1.74. The summed E-state index contributed by atoms with van der Waals surface area (Å²) in [6.45, 7) is 2.35. The highest BCUT2D eigenvalue weighted by Gasteiger charge is 2.10. The van der Waals surface area contributed by atoms with E-state index in [9.17, 15) is 9.59 Å². The van der Waals surface area contributed by atoms with Gasteiger partial charge >= 0.3 is 0 Å². The normalized spacial score (nSPS) is 10.2. The standard InChI is InChI=1S/C15H16N2O2S/c1-11-5-7-14(20-11)13(18)6-8-15(19)17-10-12-4-2-3-9-16-12/h2-5,7,9H,6,8,10H2,1H3,(H,17,19). The zero-order valence-corrected chi connectivity index (χ0v) is 12.1. The smallest absolute Gasteiger partial charge is 0.220 e. The average Bonchev–Trinajstić information content (AvgIpc) is 2.90. The summed E-state index contributed by atoms with van der Waals surface area (Å²) in [5.41, 5.74) is 0.807. The number of nitrogens with zero attached hydrogens (tertiary/aromatic N) is 1. The number of carbonyl (C=O) groups excluding carboxylic acids is 2. The van der Waals surface area contributed by atoms with Crippen LogP contribution in [0.25, 0.3) is 0 Å². The Morgan fingerprint density at radius 3 is 2.70 bits per heavy atom. The van der Waals surface area contributed by atoms with E-state index in [0.717, 1.165) is 15.4 Å². The van der Waals surface area contributed by atoms with Crippen molar-refractivity contribution in [2.45, 2.75) is 26.3 Å². The van der Waals surface area contributed by atoms with Crippen LogP contribution >= 0.6 is 11.3 Å². The first kappa shape index (κ1) is 14.4. The van der Waals surface area contributed by atoms with Gasteiger partial charge in [-0.3, -0.25) is 14.6 Å². The molecule has 0 atom stereocenters. The highest BCUT2D eigenvalue weighted by atomic mass is 32.1. The fourth-order valence-electron chi connectivity index (χ4n) is 1.71. The van der Waals surface area contributed by atoms with Gasteiger partial charge in [0.1, 0.15) is 0 Å². The Labute approximate surface area is 121 Å². The SMILES string of the molecule is Cc1ccc(C(=O)CCC(=O)NCc2ccccn2)s1. The van der Waals surface area contributed by atoms with Gasteiger partial charge in [0.25, 0.3) is 0 Å². The summed E-state index contributed by atoms with van der Waals surface area (Å²) in [6.07, 6.45) is 2.14. The van der Waals surface area contributed by atoms with Crippen LogP contribution < -0.4 is 5.32 Å². The number of amides is 1. The number of ketones is 1. The topological polar surface area (TPSA) is 59.1 Å². The van der Waals surface area contributed by atoms with Crippen molar-refractivity contribution < 1.29 is 9.59 Å². The minimum absolute atomic E-state index is 0.0242. The van der Waals surface area contributed by atoms with E-state index in [4.69, 9.17) is 0 Å². The number of nitrogens with one attached hydrogen (secondary N) is 1. The minimum atomic E-state index is -0.128. The highest BCUT2D eigenvalue weighted by Crippen LogP contribution is 2.17. The molecule has 1 amide bonds. The van der Waals surface area contributed by atoms with Gasteiger partial charge in [-0.05, 0) is 31.2 Å². The van der Waals surface area contributed by atoms with Gasteiger partial charge in [0.2, 0.25) is 5.91 Å². The number of carbonyl (C=O) groups is 2. The van der Waals surface area contributed by atoms with Crippen LogP contribution in [0, 0.1) is 6.92 Å². The molecule has 0 saturated carbocycles. The summed E-state index contributed by atoms with van der Waals surface area (Å²) in [7, 11) is 0. The van der Waals surface area contributed by atoms with Crippen LogP contribution in [0.15, 0.2) is 36.5 Å². The van der Waals surface area contributed by atoms with Gasteiger partial charge in [0.15, 0.2) is 5.78 Å². The van der Waals surface area contributed by atoms with E-state index < -0.39 is 0 Å². The predicted molar refractivity (Wildman–Crippen MR) is 78.7 cm³/mol. The third kappa shape index (κ3) is 4.28. The number of rotatable bonds is 6. The monoisotopic (exact) mass is 288 g/mol. The first-order valence-electron chi connectivity index (χ1n) is 6.41. The maximum absolute atomic E-state index is 11.9. The summed E-state index contributed by atoms with van der Waals surface area (Å²) in [6, 6.07) is 9.27. The lowest BCUT2D eigenvalue weighted by atomic mass is 10.2. The molecule has 0 fully saturated rings. The lowest BCUT2D eigenvalue weighted by molar-refractivity contribution is -0.121. The Hall–Kier alpha value is -2.01. The number of hydrogen-bond donors (Lipinski definition) is 1. The third-order valence-electron chi connectivity index (χ3n) is 2.79. The number of hydrogen-bond acceptors (Lipinski definition) is 4. The molecule has 0 unspecified atom stereocenters. The van der Waals surface area contributed by atoms with Crippen molar-refractivity contribution in [3.8, 4) is 0 Å². The molecule has 2 aromatic heterocycles. The molecule has 2 aromatic rings. The molecule has 4 nitrogen and oxygen atoms in total. The van der Waals surface area contributed by atoms with Gasteiger partial charge in [-0.1, -0.05) is 6.07 Å². The van der Waals surface area contributed by atoms with Gasteiger partial charge in [-0.25, -0.2) is 0 Å². The molecular weight excluding hydrogens is 272 g/mol. The molecule has 20 heavy (non-hydrogen) atoms. The van der Waals surface area contributed by atoms with Crippen LogP contribution in [-0.2, 0) is 11.3 Å². The maximum atomic E-state index is 11.9. The van der Waals surface area contributed by atoms with Crippen LogP contribution in [0.2, 0.25) is 0 Å². The molecular formula is C15H16N2O2S. The quantitative estimate of drug-likeness (QED) is 0.831. The zero-order valence-electron chi connectivity index (χ0n) is 11.3. The second kappa shape index (κ2) is 6.96. The Morgan fingerprint density at radius 2 is 2.05 bits per heavy atom. The molecule has 1 N–H and O–H groups in total. The molecule has 0 bridgehead atoms. The van der Waals surface area contributed by atoms with Crippen LogP contribution in [0.5, 0.6) is 0 Å². The molecule has 0 aromatic carbocycles. The van der Waals surface area contributed by atoms with E-state index in [0.29, 0.717) is 6.54 Å². The Bertz CT molecular complexity index is 593. The van der Waals surface area contributed by atoms with Gasteiger partial charge in [0.05, 0.1) is 17.1 Å². The minimum Gasteiger partial charge on any atom is -0.350 e. The first-order chi connectivity index (χ1) is 9.65. The summed E-state index contributed by atoms with van der Waals surface area (Å²) in [4.78, 5) is 29.5. The van der Waals surface area contributed by atoms with E-state index in [-0.39, 0.29) is 24.5 Å². The van der Waals surface area contributed by atoms with Crippen molar-refractivity contribution >= 4 is 23.0 Å². The molecule has 2 heterocycles. The lowest BCUT2D eigenvalue weighted by Gasteiger charge is -2.03. The molecule has 2 rings (SSSR count). The highest BCUT2D eigenvalue weighted by molar-refractivity contribution is 7.14. The molecule has 0 spiro atoms. The molecule has 0 aliphatic rings. The second-order valence-electron chi connectivity index (χ2n) is 4.43. The van der Waals surface area contributed by atoms with Crippen LogP contribution in [0.1, 0.15) is 33.1 Å². The molecule has 0 saturated heterocycles. The largest absolute Gasteiger partial charge is 0.350 e. The number of pyridine rings is 1. The van der Waals surface area contributed by atoms with Crippen LogP contribution in [-0.4, -0.2) is 16.7 Å². The number of aryl methyl sites for hydroxylation is 1. The fourth-order valence-corrected chi connectivity index (χ4v) is 2.55. The van der Waals surface area contributed by atoms with E-state index in [1.807, 2.05) is 37.3 Å². The molecule has 0 aliphatic heterocycles. The van der Waals surface area contributed by atoms with E-state index in [2.05, 4.69) is 10.3 Å².